The van der Waals surface area contributed by atoms with Gasteiger partial charge >= 0.3 is 0 Å². The number of unbranched alkanes of at least 4 members (excludes halogenated alkanes) is 1. The molecule has 1 aliphatic carbocycles. The summed E-state index contributed by atoms with van der Waals surface area (Å²) in [7, 11) is 0. The largest absolute Gasteiger partial charge is 0.0836 e. The number of rotatable bonds is 5. The van der Waals surface area contributed by atoms with E-state index >= 15 is 0 Å². The lowest BCUT2D eigenvalue weighted by atomic mass is 9.67. The minimum Gasteiger partial charge on any atom is -0.0836 e. The van der Waals surface area contributed by atoms with E-state index in [1.165, 1.54) is 56.1 Å². The van der Waals surface area contributed by atoms with Crippen LogP contribution >= 0.6 is 15.9 Å². The smallest absolute Gasteiger partial charge is 0.0428 e. The number of aryl methyl sites for hydroxylation is 1. The number of hydrogen-bond donors (Lipinski definition) is 0. The van der Waals surface area contributed by atoms with Crippen molar-refractivity contribution in [1.82, 2.24) is 0 Å². The Morgan fingerprint density at radius 3 is 2.50 bits per heavy atom. The first-order valence-corrected chi connectivity index (χ1v) is 9.19. The first kappa shape index (κ1) is 16.1. The van der Waals surface area contributed by atoms with Gasteiger partial charge in [-0.2, -0.15) is 0 Å². The number of halogens is 1. The molecule has 1 heteroatoms. The van der Waals surface area contributed by atoms with Gasteiger partial charge in [0.05, 0.1) is 0 Å². The van der Waals surface area contributed by atoms with E-state index in [-0.39, 0.29) is 0 Å². The average Bonchev–Trinajstić information content (AvgIpc) is 2.44. The topological polar surface area (TPSA) is 0 Å². The molecule has 0 radical (unpaired) electrons. The van der Waals surface area contributed by atoms with E-state index in [1.807, 2.05) is 0 Å². The molecule has 0 saturated heterocycles. The Kier molecular flexibility index (Phi) is 5.72. The normalized spacial score (nSPS) is 23.5. The van der Waals surface area contributed by atoms with E-state index in [4.69, 9.17) is 0 Å². The summed E-state index contributed by atoms with van der Waals surface area (Å²) >= 11 is 4.00. The van der Waals surface area contributed by atoms with Gasteiger partial charge in [-0.25, -0.2) is 0 Å². The maximum absolute atomic E-state index is 4.00. The van der Waals surface area contributed by atoms with Crippen molar-refractivity contribution in [1.29, 1.82) is 0 Å². The maximum atomic E-state index is 4.00. The third-order valence-electron chi connectivity index (χ3n) is 5.06. The van der Waals surface area contributed by atoms with Crippen molar-refractivity contribution in [3.63, 3.8) is 0 Å². The zero-order chi connectivity index (χ0) is 14.6. The quantitative estimate of drug-likeness (QED) is 0.526. The van der Waals surface area contributed by atoms with Gasteiger partial charge in [-0.05, 0) is 48.1 Å². The van der Waals surface area contributed by atoms with Crippen LogP contribution in [0.25, 0.3) is 0 Å². The van der Waals surface area contributed by atoms with Crippen LogP contribution in [0.4, 0.5) is 0 Å². The minimum atomic E-state index is 0.466. The molecule has 1 saturated carbocycles. The lowest BCUT2D eigenvalue weighted by Crippen LogP contribution is -2.30. The summed E-state index contributed by atoms with van der Waals surface area (Å²) in [4.78, 5) is 0.512. The molecule has 0 heterocycles. The van der Waals surface area contributed by atoms with Crippen LogP contribution in [0.2, 0.25) is 0 Å². The zero-order valence-electron chi connectivity index (χ0n) is 13.3. The molecule has 0 spiro atoms. The van der Waals surface area contributed by atoms with Gasteiger partial charge in [-0.15, -0.1) is 0 Å². The van der Waals surface area contributed by atoms with Gasteiger partial charge < -0.3 is 0 Å². The highest BCUT2D eigenvalue weighted by atomic mass is 79.9. The SMILES string of the molecule is CCCCc1ccc(C(Br)C2CCCCC2(C)C)cc1. The summed E-state index contributed by atoms with van der Waals surface area (Å²) in [6, 6.07) is 9.34. The fourth-order valence-electron chi connectivity index (χ4n) is 3.54. The van der Waals surface area contributed by atoms with Gasteiger partial charge in [0.25, 0.3) is 0 Å². The van der Waals surface area contributed by atoms with Crippen molar-refractivity contribution in [2.75, 3.05) is 0 Å². The third kappa shape index (κ3) is 3.87. The van der Waals surface area contributed by atoms with Gasteiger partial charge in [0.1, 0.15) is 0 Å². The summed E-state index contributed by atoms with van der Waals surface area (Å²) < 4.78 is 0. The average molecular weight is 337 g/mol. The van der Waals surface area contributed by atoms with E-state index < -0.39 is 0 Å². The highest BCUT2D eigenvalue weighted by Crippen LogP contribution is 2.50. The Bertz CT molecular complexity index is 404. The van der Waals surface area contributed by atoms with Crippen molar-refractivity contribution < 1.29 is 0 Å². The minimum absolute atomic E-state index is 0.466. The van der Waals surface area contributed by atoms with E-state index in [9.17, 15) is 0 Å². The van der Waals surface area contributed by atoms with Crippen molar-refractivity contribution in [2.45, 2.75) is 70.5 Å². The monoisotopic (exact) mass is 336 g/mol. The molecule has 1 aliphatic rings. The molecule has 2 rings (SSSR count). The van der Waals surface area contributed by atoms with Gasteiger partial charge in [0, 0.05) is 4.83 Å². The number of benzene rings is 1. The van der Waals surface area contributed by atoms with Crippen LogP contribution in [0.5, 0.6) is 0 Å². The molecule has 2 unspecified atom stereocenters. The Morgan fingerprint density at radius 1 is 1.20 bits per heavy atom. The molecule has 0 N–H and O–H groups in total. The van der Waals surface area contributed by atoms with Crippen LogP contribution in [0, 0.1) is 11.3 Å². The number of hydrogen-bond acceptors (Lipinski definition) is 0. The van der Waals surface area contributed by atoms with E-state index in [2.05, 4.69) is 61.0 Å². The van der Waals surface area contributed by atoms with Crippen LogP contribution in [-0.2, 0) is 6.42 Å². The van der Waals surface area contributed by atoms with E-state index in [1.54, 1.807) is 0 Å². The summed E-state index contributed by atoms with van der Waals surface area (Å²) in [5, 5.41) is 0. The van der Waals surface area contributed by atoms with Crippen LogP contribution in [-0.4, -0.2) is 0 Å². The lowest BCUT2D eigenvalue weighted by Gasteiger charge is -2.41. The Balaban J connectivity index is 2.06. The zero-order valence-corrected chi connectivity index (χ0v) is 14.9. The highest BCUT2D eigenvalue weighted by Gasteiger charge is 2.36. The summed E-state index contributed by atoms with van der Waals surface area (Å²) in [6.07, 6.45) is 9.32. The van der Waals surface area contributed by atoms with Crippen molar-refractivity contribution in [3.8, 4) is 0 Å². The van der Waals surface area contributed by atoms with Crippen molar-refractivity contribution in [2.24, 2.45) is 11.3 Å². The Labute approximate surface area is 133 Å². The summed E-state index contributed by atoms with van der Waals surface area (Å²) in [5.41, 5.74) is 3.41. The van der Waals surface area contributed by atoms with E-state index in [0.29, 0.717) is 10.2 Å². The van der Waals surface area contributed by atoms with Crippen LogP contribution in [0.1, 0.15) is 75.3 Å². The molecule has 2 atom stereocenters. The predicted molar refractivity (Wildman–Crippen MR) is 92.5 cm³/mol. The second-order valence-corrected chi connectivity index (χ2v) is 8.07. The molecular formula is C19H29Br. The Hall–Kier alpha value is -0.300. The molecule has 20 heavy (non-hydrogen) atoms. The van der Waals surface area contributed by atoms with Gasteiger partial charge in [-0.3, -0.25) is 0 Å². The number of alkyl halides is 1. The van der Waals surface area contributed by atoms with Crippen molar-refractivity contribution >= 4 is 15.9 Å². The van der Waals surface area contributed by atoms with Gasteiger partial charge in [0.15, 0.2) is 0 Å². The second kappa shape index (κ2) is 7.11. The maximum Gasteiger partial charge on any atom is 0.0428 e. The molecule has 112 valence electrons. The summed E-state index contributed by atoms with van der Waals surface area (Å²) in [5.74, 6) is 0.762. The first-order chi connectivity index (χ1) is 9.54. The summed E-state index contributed by atoms with van der Waals surface area (Å²) in [6.45, 7) is 7.15. The molecule has 0 bridgehead atoms. The molecule has 0 aliphatic heterocycles. The fraction of sp³-hybridized carbons (Fsp3) is 0.684. The van der Waals surface area contributed by atoms with Crippen LogP contribution < -0.4 is 0 Å². The van der Waals surface area contributed by atoms with Gasteiger partial charge in [-0.1, -0.05) is 80.2 Å². The van der Waals surface area contributed by atoms with Crippen LogP contribution in [0.15, 0.2) is 24.3 Å². The van der Waals surface area contributed by atoms with Gasteiger partial charge in [0.2, 0.25) is 0 Å². The molecule has 0 aromatic heterocycles. The molecular weight excluding hydrogens is 308 g/mol. The standard InChI is InChI=1S/C19H29Br/c1-4-5-8-15-10-12-16(13-11-15)18(20)17-9-6-7-14-19(17,2)3/h10-13,17-18H,4-9,14H2,1-3H3. The second-order valence-electron chi connectivity index (χ2n) is 7.09. The first-order valence-electron chi connectivity index (χ1n) is 8.27. The Morgan fingerprint density at radius 2 is 1.90 bits per heavy atom. The molecule has 0 amide bonds. The molecule has 0 nitrogen and oxygen atoms in total. The highest BCUT2D eigenvalue weighted by molar-refractivity contribution is 9.09. The molecule has 1 fully saturated rings. The van der Waals surface area contributed by atoms with Crippen LogP contribution in [0.3, 0.4) is 0 Å². The van der Waals surface area contributed by atoms with E-state index in [0.717, 1.165) is 5.92 Å². The van der Waals surface area contributed by atoms with Crippen molar-refractivity contribution in [3.05, 3.63) is 35.4 Å². The fourth-order valence-corrected chi connectivity index (χ4v) is 4.83. The molecule has 1 aromatic rings. The predicted octanol–water partition coefficient (Wildman–Crippen LogP) is 6.68. The molecule has 1 aromatic carbocycles. The third-order valence-corrected chi connectivity index (χ3v) is 6.23. The lowest BCUT2D eigenvalue weighted by molar-refractivity contribution is 0.136.